The summed E-state index contributed by atoms with van der Waals surface area (Å²) in [6.07, 6.45) is -2.25. The van der Waals surface area contributed by atoms with Crippen LogP contribution in [0.4, 0.5) is 13.2 Å². The monoisotopic (exact) mass is 244 g/mol. The first-order valence-corrected chi connectivity index (χ1v) is 4.85. The quantitative estimate of drug-likeness (QED) is 0.508. The van der Waals surface area contributed by atoms with Gasteiger partial charge in [-0.25, -0.2) is 0 Å². The molecule has 0 fully saturated rings. The van der Waals surface area contributed by atoms with Gasteiger partial charge in [-0.3, -0.25) is 0 Å². The SMILES string of the molecule is C=CCC(CBr)CCC(F)(F)F. The van der Waals surface area contributed by atoms with Crippen molar-refractivity contribution in [3.63, 3.8) is 0 Å². The Kier molecular flexibility index (Phi) is 5.63. The second kappa shape index (κ2) is 5.62. The average molecular weight is 245 g/mol. The van der Waals surface area contributed by atoms with E-state index in [9.17, 15) is 13.2 Å². The van der Waals surface area contributed by atoms with E-state index in [1.807, 2.05) is 0 Å². The highest BCUT2D eigenvalue weighted by Gasteiger charge is 2.27. The highest BCUT2D eigenvalue weighted by molar-refractivity contribution is 9.09. The van der Waals surface area contributed by atoms with Gasteiger partial charge in [-0.2, -0.15) is 13.2 Å². The van der Waals surface area contributed by atoms with Crippen molar-refractivity contribution in [2.75, 3.05) is 5.33 Å². The predicted molar refractivity (Wildman–Crippen MR) is 47.4 cm³/mol. The second-order valence-corrected chi connectivity index (χ2v) is 3.35. The van der Waals surface area contributed by atoms with Crippen LogP contribution in [0.25, 0.3) is 0 Å². The molecule has 0 aromatic heterocycles. The maximum absolute atomic E-state index is 11.8. The summed E-state index contributed by atoms with van der Waals surface area (Å²) in [5, 5.41) is 0.606. The van der Waals surface area contributed by atoms with Crippen molar-refractivity contribution in [3.8, 4) is 0 Å². The molecule has 0 saturated carbocycles. The molecule has 0 bridgehead atoms. The summed E-state index contributed by atoms with van der Waals surface area (Å²) in [4.78, 5) is 0. The Morgan fingerprint density at radius 1 is 1.42 bits per heavy atom. The van der Waals surface area contributed by atoms with E-state index in [2.05, 4.69) is 22.5 Å². The summed E-state index contributed by atoms with van der Waals surface area (Å²) in [6, 6.07) is 0. The first-order chi connectivity index (χ1) is 5.49. The highest BCUT2D eigenvalue weighted by Crippen LogP contribution is 2.26. The number of allylic oxidation sites excluding steroid dienone is 1. The fourth-order valence-electron chi connectivity index (χ4n) is 0.861. The summed E-state index contributed by atoms with van der Waals surface area (Å²) in [5.41, 5.74) is 0. The zero-order valence-electron chi connectivity index (χ0n) is 6.70. The Bertz CT molecular complexity index is 131. The molecule has 0 rings (SSSR count). The third-order valence-electron chi connectivity index (χ3n) is 1.55. The summed E-state index contributed by atoms with van der Waals surface area (Å²) in [5.74, 6) is 0.0594. The molecule has 0 aliphatic rings. The highest BCUT2D eigenvalue weighted by atomic mass is 79.9. The van der Waals surface area contributed by atoms with Crippen molar-refractivity contribution in [1.82, 2.24) is 0 Å². The van der Waals surface area contributed by atoms with E-state index in [1.165, 1.54) is 0 Å². The lowest BCUT2D eigenvalue weighted by Gasteiger charge is -2.12. The van der Waals surface area contributed by atoms with Gasteiger partial charge in [0.15, 0.2) is 0 Å². The third kappa shape index (κ3) is 6.70. The minimum atomic E-state index is -4.03. The van der Waals surface area contributed by atoms with Gasteiger partial charge in [0, 0.05) is 11.8 Å². The van der Waals surface area contributed by atoms with Crippen LogP contribution >= 0.6 is 15.9 Å². The molecular weight excluding hydrogens is 233 g/mol. The standard InChI is InChI=1S/C8H12BrF3/c1-2-3-7(6-9)4-5-8(10,11)12/h2,7H,1,3-6H2. The Morgan fingerprint density at radius 2 is 2.00 bits per heavy atom. The van der Waals surface area contributed by atoms with Crippen molar-refractivity contribution >= 4 is 15.9 Å². The Hall–Kier alpha value is 0.01000. The van der Waals surface area contributed by atoms with E-state index in [0.29, 0.717) is 11.8 Å². The maximum atomic E-state index is 11.8. The summed E-state index contributed by atoms with van der Waals surface area (Å²) in [7, 11) is 0. The molecule has 0 heterocycles. The van der Waals surface area contributed by atoms with Crippen LogP contribution in [0.15, 0.2) is 12.7 Å². The molecule has 0 aliphatic carbocycles. The molecule has 4 heteroatoms. The summed E-state index contributed by atoms with van der Waals surface area (Å²) < 4.78 is 35.3. The van der Waals surface area contributed by atoms with Crippen LogP contribution in [-0.2, 0) is 0 Å². The largest absolute Gasteiger partial charge is 0.389 e. The minimum Gasteiger partial charge on any atom is -0.171 e. The fraction of sp³-hybridized carbons (Fsp3) is 0.750. The number of rotatable bonds is 5. The van der Waals surface area contributed by atoms with E-state index in [1.54, 1.807) is 6.08 Å². The molecule has 0 nitrogen and oxygen atoms in total. The van der Waals surface area contributed by atoms with Gasteiger partial charge in [0.2, 0.25) is 0 Å². The molecule has 0 N–H and O–H groups in total. The molecule has 0 aromatic carbocycles. The number of alkyl halides is 4. The smallest absolute Gasteiger partial charge is 0.171 e. The molecule has 72 valence electrons. The first-order valence-electron chi connectivity index (χ1n) is 3.73. The number of hydrogen-bond acceptors (Lipinski definition) is 0. The van der Waals surface area contributed by atoms with Gasteiger partial charge < -0.3 is 0 Å². The Morgan fingerprint density at radius 3 is 2.33 bits per heavy atom. The van der Waals surface area contributed by atoms with Crippen molar-refractivity contribution in [2.45, 2.75) is 25.4 Å². The number of hydrogen-bond donors (Lipinski definition) is 0. The first kappa shape index (κ1) is 12.0. The van der Waals surface area contributed by atoms with E-state index in [-0.39, 0.29) is 12.3 Å². The summed E-state index contributed by atoms with van der Waals surface area (Å²) in [6.45, 7) is 3.49. The zero-order chi connectivity index (χ0) is 9.61. The van der Waals surface area contributed by atoms with Crippen molar-refractivity contribution in [1.29, 1.82) is 0 Å². The van der Waals surface area contributed by atoms with Crippen LogP contribution in [0.2, 0.25) is 0 Å². The predicted octanol–water partition coefficient (Wildman–Crippen LogP) is 3.92. The molecule has 0 aliphatic heterocycles. The lowest BCUT2D eigenvalue weighted by atomic mass is 10.0. The van der Waals surface area contributed by atoms with Gasteiger partial charge in [-0.1, -0.05) is 22.0 Å². The minimum absolute atomic E-state index is 0.0594. The van der Waals surface area contributed by atoms with E-state index < -0.39 is 12.6 Å². The van der Waals surface area contributed by atoms with Crippen LogP contribution < -0.4 is 0 Å². The molecule has 12 heavy (non-hydrogen) atoms. The molecule has 0 radical (unpaired) electrons. The van der Waals surface area contributed by atoms with Gasteiger partial charge in [0.05, 0.1) is 0 Å². The molecule has 0 amide bonds. The van der Waals surface area contributed by atoms with Crippen LogP contribution in [0.3, 0.4) is 0 Å². The Balaban J connectivity index is 3.64. The second-order valence-electron chi connectivity index (χ2n) is 2.70. The topological polar surface area (TPSA) is 0 Å². The van der Waals surface area contributed by atoms with Crippen molar-refractivity contribution in [2.24, 2.45) is 5.92 Å². The van der Waals surface area contributed by atoms with Gasteiger partial charge in [-0.15, -0.1) is 6.58 Å². The van der Waals surface area contributed by atoms with E-state index >= 15 is 0 Å². The van der Waals surface area contributed by atoms with Crippen molar-refractivity contribution in [3.05, 3.63) is 12.7 Å². The maximum Gasteiger partial charge on any atom is 0.389 e. The van der Waals surface area contributed by atoms with Crippen LogP contribution in [-0.4, -0.2) is 11.5 Å². The fourth-order valence-corrected chi connectivity index (χ4v) is 1.45. The van der Waals surface area contributed by atoms with Crippen LogP contribution in [0.1, 0.15) is 19.3 Å². The van der Waals surface area contributed by atoms with Crippen molar-refractivity contribution < 1.29 is 13.2 Å². The van der Waals surface area contributed by atoms with Crippen LogP contribution in [0, 0.1) is 5.92 Å². The lowest BCUT2D eigenvalue weighted by molar-refractivity contribution is -0.137. The van der Waals surface area contributed by atoms with Gasteiger partial charge in [0.25, 0.3) is 0 Å². The van der Waals surface area contributed by atoms with Crippen LogP contribution in [0.5, 0.6) is 0 Å². The Labute approximate surface area is 79.0 Å². The third-order valence-corrected chi connectivity index (χ3v) is 2.47. The van der Waals surface area contributed by atoms with Gasteiger partial charge in [-0.05, 0) is 18.8 Å². The van der Waals surface area contributed by atoms with E-state index in [0.717, 1.165) is 0 Å². The van der Waals surface area contributed by atoms with E-state index in [4.69, 9.17) is 0 Å². The lowest BCUT2D eigenvalue weighted by Crippen LogP contribution is -2.11. The summed E-state index contributed by atoms with van der Waals surface area (Å²) >= 11 is 3.17. The molecule has 1 unspecified atom stereocenters. The van der Waals surface area contributed by atoms with Gasteiger partial charge >= 0.3 is 6.18 Å². The van der Waals surface area contributed by atoms with Gasteiger partial charge in [0.1, 0.15) is 0 Å². The molecule has 0 aromatic rings. The zero-order valence-corrected chi connectivity index (χ0v) is 8.29. The molecule has 0 spiro atoms. The normalized spacial score (nSPS) is 14.3. The molecule has 1 atom stereocenters. The molecular formula is C8H12BrF3. The average Bonchev–Trinajstić information content (AvgIpc) is 1.96. The molecule has 0 saturated heterocycles. The number of halogens is 4.